The molecular formula is C44H19Cl8MnN5O2. The van der Waals surface area contributed by atoms with Gasteiger partial charge < -0.3 is 9.97 Å². The summed E-state index contributed by atoms with van der Waals surface area (Å²) in [5, 5.41) is 15.4. The first kappa shape index (κ1) is 42.4. The standard InChI is InChI=1S/C44H19Cl8N5O2.Mn/c45-20-5-1-6-21(46)36(20)40-28-13-14-29(53-28)41(37-22(47)7-2-8-23(37)48)31-17-18-33(55-31)43(39-26(51)11-4-12-27(39)52)44-35(57(58)59)19-34(56-44)42(32-16-15-30(40)54-32)38-24(49)9-3-10-25(38)50;/h1-19H;/q-2;+2. The van der Waals surface area contributed by atoms with Crippen molar-refractivity contribution in [3.63, 3.8) is 0 Å². The van der Waals surface area contributed by atoms with E-state index in [1.54, 1.807) is 103 Å². The van der Waals surface area contributed by atoms with Crippen molar-refractivity contribution in [1.82, 2.24) is 19.9 Å². The predicted octanol–water partition coefficient (Wildman–Crippen LogP) is 15.7. The molecule has 7 aromatic rings. The number of halogens is 8. The van der Waals surface area contributed by atoms with Crippen LogP contribution in [-0.4, -0.2) is 14.9 Å². The molecule has 0 atom stereocenters. The van der Waals surface area contributed by atoms with E-state index in [1.165, 1.54) is 6.07 Å². The van der Waals surface area contributed by atoms with Crippen LogP contribution in [0.15, 0.2) is 91.0 Å². The third-order valence-corrected chi connectivity index (χ3v) is 12.3. The van der Waals surface area contributed by atoms with Gasteiger partial charge in [-0.2, -0.15) is 0 Å². The van der Waals surface area contributed by atoms with Crippen LogP contribution in [0.5, 0.6) is 0 Å². The summed E-state index contributed by atoms with van der Waals surface area (Å²) < 4.78 is 0. The summed E-state index contributed by atoms with van der Waals surface area (Å²) in [6, 6.07) is 25.2. The zero-order valence-electron chi connectivity index (χ0n) is 29.9. The second-order valence-electron chi connectivity index (χ2n) is 13.2. The van der Waals surface area contributed by atoms with Crippen molar-refractivity contribution in [2.24, 2.45) is 0 Å². The van der Waals surface area contributed by atoms with E-state index in [1.807, 2.05) is 6.07 Å². The van der Waals surface area contributed by atoms with Crippen LogP contribution in [0.3, 0.4) is 0 Å². The maximum atomic E-state index is 13.1. The molecule has 9 rings (SSSR count). The summed E-state index contributed by atoms with van der Waals surface area (Å²) in [6.07, 6.45) is 6.92. The number of fused-ring (bicyclic) bond motifs is 8. The van der Waals surface area contributed by atoms with Gasteiger partial charge in [0.1, 0.15) is 0 Å². The molecule has 7 nitrogen and oxygen atoms in total. The van der Waals surface area contributed by atoms with Gasteiger partial charge in [0, 0.05) is 74.1 Å². The molecule has 8 bridgehead atoms. The summed E-state index contributed by atoms with van der Waals surface area (Å²) >= 11 is 55.2. The van der Waals surface area contributed by atoms with Crippen molar-refractivity contribution in [1.29, 1.82) is 0 Å². The third-order valence-electron chi connectivity index (χ3n) is 9.75. The Bertz CT molecular complexity index is 3130. The summed E-state index contributed by atoms with van der Waals surface area (Å²) in [4.78, 5) is 32.9. The molecule has 4 aromatic carbocycles. The molecule has 0 spiro atoms. The maximum Gasteiger partial charge on any atom is 2.00 e. The molecule has 3 aromatic heterocycles. The molecule has 295 valence electrons. The Labute approximate surface area is 392 Å². The number of hydrogen-bond donors (Lipinski definition) is 0. The van der Waals surface area contributed by atoms with E-state index < -0.39 is 4.92 Å². The smallest absolute Gasteiger partial charge is 0.657 e. The second kappa shape index (κ2) is 16.9. The molecule has 1 radical (unpaired) electrons. The van der Waals surface area contributed by atoms with Crippen LogP contribution in [0, 0.1) is 10.1 Å². The van der Waals surface area contributed by atoms with Gasteiger partial charge in [-0.15, -0.1) is 16.6 Å². The zero-order valence-corrected chi connectivity index (χ0v) is 37.2. The van der Waals surface area contributed by atoms with Crippen LogP contribution >= 0.6 is 92.8 Å². The summed E-state index contributed by atoms with van der Waals surface area (Å²) in [7, 11) is 0. The number of rotatable bonds is 5. The minimum atomic E-state index is -0.536. The van der Waals surface area contributed by atoms with Gasteiger partial charge in [-0.25, -0.2) is 9.97 Å². The number of aromatic nitrogens is 4. The van der Waals surface area contributed by atoms with Crippen molar-refractivity contribution in [2.75, 3.05) is 0 Å². The van der Waals surface area contributed by atoms with Gasteiger partial charge >= 0.3 is 17.1 Å². The molecule has 0 fully saturated rings. The Hall–Kier alpha value is -4.28. The largest absolute Gasteiger partial charge is 2.00 e. The second-order valence-corrected chi connectivity index (χ2v) is 16.4. The molecule has 2 aliphatic heterocycles. The number of benzene rings is 4. The fraction of sp³-hybridized carbons (Fsp3) is 0. The van der Waals surface area contributed by atoms with E-state index in [0.717, 1.165) is 0 Å². The van der Waals surface area contributed by atoms with Crippen LogP contribution in [0.1, 0.15) is 22.8 Å². The molecule has 0 unspecified atom stereocenters. The Kier molecular flexibility index (Phi) is 11.9. The molecule has 0 amide bonds. The molecule has 0 saturated heterocycles. The van der Waals surface area contributed by atoms with Crippen LogP contribution in [0.25, 0.3) is 90.9 Å². The number of nitro groups is 1. The average Bonchev–Trinajstić information content (AvgIpc) is 4.03. The SMILES string of the molecule is O=[N+]([O-])c1cc2[n-]c1c(-c1c(Cl)cccc1Cl)c1nc(c(-c3c(Cl)cccc3Cl)c3ccc([n-]3)c(-c3c(Cl)cccc3Cl)c3nc(c2-c2c(Cl)cccc2Cl)C=C3)C=C1.[Mn+2]. The van der Waals surface area contributed by atoms with Gasteiger partial charge in [-0.1, -0.05) is 129 Å². The van der Waals surface area contributed by atoms with E-state index in [2.05, 4.69) is 0 Å². The Morgan fingerprint density at radius 1 is 0.417 bits per heavy atom. The molecule has 16 heteroatoms. The zero-order chi connectivity index (χ0) is 41.3. The molecule has 0 N–H and O–H groups in total. The molecule has 0 saturated carbocycles. The first-order valence-corrected chi connectivity index (χ1v) is 20.4. The minimum Gasteiger partial charge on any atom is -0.657 e. The van der Waals surface area contributed by atoms with Gasteiger partial charge in [-0.3, -0.25) is 10.1 Å². The third kappa shape index (κ3) is 7.33. The van der Waals surface area contributed by atoms with E-state index >= 15 is 0 Å². The molecular weight excluding hydrogens is 969 g/mol. The minimum absolute atomic E-state index is 0. The number of nitrogens with zero attached hydrogens (tertiary/aromatic N) is 5. The van der Waals surface area contributed by atoms with Crippen LogP contribution < -0.4 is 9.97 Å². The van der Waals surface area contributed by atoms with Gasteiger partial charge in [0.25, 0.3) is 5.69 Å². The van der Waals surface area contributed by atoms with Crippen molar-refractivity contribution < 1.29 is 22.0 Å². The van der Waals surface area contributed by atoms with E-state index in [4.69, 9.17) is 113 Å². The summed E-state index contributed by atoms with van der Waals surface area (Å²) in [5.74, 6) is 0. The molecule has 0 aliphatic carbocycles. The van der Waals surface area contributed by atoms with Crippen molar-refractivity contribution in [3.8, 4) is 44.5 Å². The normalized spacial score (nSPS) is 11.9. The van der Waals surface area contributed by atoms with E-state index in [0.29, 0.717) is 81.6 Å². The quantitative estimate of drug-likeness (QED) is 0.0968. The number of hydrogen-bond acceptors (Lipinski definition) is 4. The molecule has 2 aliphatic rings. The van der Waals surface area contributed by atoms with Gasteiger partial charge in [0.15, 0.2) is 0 Å². The van der Waals surface area contributed by atoms with Gasteiger partial charge in [-0.05, 0) is 95.0 Å². The fourth-order valence-corrected chi connectivity index (χ4v) is 9.60. The first-order chi connectivity index (χ1) is 28.4. The Morgan fingerprint density at radius 3 is 1.05 bits per heavy atom. The average molecular weight is 988 g/mol. The maximum absolute atomic E-state index is 13.1. The fourth-order valence-electron chi connectivity index (χ4n) is 7.26. The predicted molar refractivity (Wildman–Crippen MR) is 245 cm³/mol. The van der Waals surface area contributed by atoms with E-state index in [-0.39, 0.29) is 70.7 Å². The Morgan fingerprint density at radius 2 is 0.717 bits per heavy atom. The summed E-state index contributed by atoms with van der Waals surface area (Å²) in [6.45, 7) is 0. The topological polar surface area (TPSA) is 97.1 Å². The van der Waals surface area contributed by atoms with Crippen LogP contribution in [-0.2, 0) is 17.1 Å². The first-order valence-electron chi connectivity index (χ1n) is 17.4. The van der Waals surface area contributed by atoms with Gasteiger partial charge in [0.05, 0.1) is 27.7 Å². The molecule has 5 heterocycles. The van der Waals surface area contributed by atoms with Crippen molar-refractivity contribution >= 4 is 145 Å². The Balaban J connectivity index is 0.00000499. The molecule has 60 heavy (non-hydrogen) atoms. The van der Waals surface area contributed by atoms with Crippen molar-refractivity contribution in [3.05, 3.63) is 164 Å². The van der Waals surface area contributed by atoms with Crippen molar-refractivity contribution in [2.45, 2.75) is 0 Å². The van der Waals surface area contributed by atoms with Crippen LogP contribution in [0.4, 0.5) is 5.69 Å². The monoisotopic (exact) mass is 984 g/mol. The summed E-state index contributed by atoms with van der Waals surface area (Å²) in [5.41, 5.74) is 4.90. The van der Waals surface area contributed by atoms with E-state index in [9.17, 15) is 10.1 Å². The van der Waals surface area contributed by atoms with Gasteiger partial charge in [0.2, 0.25) is 0 Å². The van der Waals surface area contributed by atoms with Crippen LogP contribution in [0.2, 0.25) is 40.2 Å².